The maximum Gasteiger partial charge on any atom is 0.0716 e. The molecule has 0 spiro atoms. The highest BCUT2D eigenvalue weighted by atomic mass is 79.9. The zero-order chi connectivity index (χ0) is 13.1. The Morgan fingerprint density at radius 1 is 1.33 bits per heavy atom. The van der Waals surface area contributed by atoms with Gasteiger partial charge in [-0.1, -0.05) is 11.6 Å². The number of aromatic nitrogens is 2. The van der Waals surface area contributed by atoms with E-state index in [2.05, 4.69) is 41.8 Å². The molecular weight excluding hydrogens is 381 g/mol. The molecule has 0 bridgehead atoms. The molecule has 2 heterocycles. The molecule has 2 rings (SSSR count). The molecule has 2 aromatic heterocycles. The van der Waals surface area contributed by atoms with Gasteiger partial charge in [-0.15, -0.1) is 0 Å². The van der Waals surface area contributed by atoms with Crippen LogP contribution in [0.4, 0.5) is 0 Å². The Hall–Kier alpha value is -0.490. The van der Waals surface area contributed by atoms with Gasteiger partial charge in [-0.25, -0.2) is 0 Å². The minimum absolute atomic E-state index is 0.215. The lowest BCUT2D eigenvalue weighted by molar-refractivity contribution is 0.691. The minimum Gasteiger partial charge on any atom is -0.322 e. The van der Waals surface area contributed by atoms with Crippen LogP contribution < -0.4 is 5.73 Å². The topological polar surface area (TPSA) is 51.8 Å². The largest absolute Gasteiger partial charge is 0.322 e. The Morgan fingerprint density at radius 3 is 2.78 bits per heavy atom. The molecule has 0 saturated heterocycles. The summed E-state index contributed by atoms with van der Waals surface area (Å²) in [6, 6.07) is 3.58. The van der Waals surface area contributed by atoms with Crippen molar-refractivity contribution in [2.24, 2.45) is 5.73 Å². The van der Waals surface area contributed by atoms with Crippen LogP contribution in [0, 0.1) is 0 Å². The molecule has 3 nitrogen and oxygen atoms in total. The van der Waals surface area contributed by atoms with Gasteiger partial charge in [0.1, 0.15) is 0 Å². The van der Waals surface area contributed by atoms with Crippen molar-refractivity contribution in [2.75, 3.05) is 0 Å². The second-order valence-corrected chi connectivity index (χ2v) is 5.98. The van der Waals surface area contributed by atoms with Crippen molar-refractivity contribution in [3.63, 3.8) is 0 Å². The highest BCUT2D eigenvalue weighted by Gasteiger charge is 2.14. The van der Waals surface area contributed by atoms with Gasteiger partial charge in [0.2, 0.25) is 0 Å². The normalized spacial score (nSPS) is 12.4. The number of nitrogens with zero attached hydrogens (tertiary/aromatic N) is 2. The summed E-state index contributed by atoms with van der Waals surface area (Å²) >= 11 is 12.9. The first-order valence-electron chi connectivity index (χ1n) is 5.23. The van der Waals surface area contributed by atoms with Crippen LogP contribution in [-0.4, -0.2) is 9.97 Å². The molecule has 6 heteroatoms. The Bertz CT molecular complexity index is 563. The van der Waals surface area contributed by atoms with Crippen LogP contribution in [0.5, 0.6) is 0 Å². The lowest BCUT2D eigenvalue weighted by atomic mass is 10.0. The fourth-order valence-corrected chi connectivity index (χ4v) is 3.08. The number of nitrogens with two attached hydrogens (primary N) is 1. The number of hydrogen-bond acceptors (Lipinski definition) is 3. The van der Waals surface area contributed by atoms with Crippen molar-refractivity contribution in [3.8, 4) is 0 Å². The Kier molecular flexibility index (Phi) is 4.72. The molecule has 0 fully saturated rings. The summed E-state index contributed by atoms with van der Waals surface area (Å²) in [4.78, 5) is 8.28. The lowest BCUT2D eigenvalue weighted by Crippen LogP contribution is -2.15. The Morgan fingerprint density at radius 2 is 2.11 bits per heavy atom. The third kappa shape index (κ3) is 3.29. The molecule has 1 unspecified atom stereocenters. The van der Waals surface area contributed by atoms with Crippen molar-refractivity contribution in [2.45, 2.75) is 12.5 Å². The maximum absolute atomic E-state index is 6.16. The predicted molar refractivity (Wildman–Crippen MR) is 79.5 cm³/mol. The Balaban J connectivity index is 2.22. The second-order valence-electron chi connectivity index (χ2n) is 3.80. The first-order valence-corrected chi connectivity index (χ1v) is 7.19. The summed E-state index contributed by atoms with van der Waals surface area (Å²) in [5.41, 5.74) is 7.94. The fraction of sp³-hybridized carbons (Fsp3) is 0.167. The monoisotopic (exact) mass is 389 g/mol. The number of hydrogen-bond donors (Lipinski definition) is 1. The molecule has 2 N–H and O–H groups in total. The van der Waals surface area contributed by atoms with E-state index in [-0.39, 0.29) is 6.04 Å². The summed E-state index contributed by atoms with van der Waals surface area (Å²) in [6.45, 7) is 0. The second kappa shape index (κ2) is 6.10. The third-order valence-electron chi connectivity index (χ3n) is 2.48. The van der Waals surface area contributed by atoms with Gasteiger partial charge in [-0.3, -0.25) is 9.97 Å². The van der Waals surface area contributed by atoms with E-state index in [1.807, 2.05) is 12.1 Å². The van der Waals surface area contributed by atoms with Gasteiger partial charge in [-0.05, 0) is 56.0 Å². The van der Waals surface area contributed by atoms with Crippen LogP contribution in [0.15, 0.2) is 39.7 Å². The summed E-state index contributed by atoms with van der Waals surface area (Å²) in [6.07, 6.45) is 5.67. The SMILES string of the molecule is NC(Cc1ccncc1Cl)c1ncc(Br)cc1Br. The zero-order valence-electron chi connectivity index (χ0n) is 9.28. The van der Waals surface area contributed by atoms with Crippen LogP contribution in [0.2, 0.25) is 5.02 Å². The van der Waals surface area contributed by atoms with Gasteiger partial charge in [0.15, 0.2) is 0 Å². The molecule has 0 aliphatic heterocycles. The highest BCUT2D eigenvalue weighted by molar-refractivity contribution is 9.11. The zero-order valence-corrected chi connectivity index (χ0v) is 13.2. The average Bonchev–Trinajstić information content (AvgIpc) is 2.32. The van der Waals surface area contributed by atoms with E-state index in [4.69, 9.17) is 17.3 Å². The molecule has 0 saturated carbocycles. The smallest absolute Gasteiger partial charge is 0.0716 e. The molecular formula is C12H10Br2ClN3. The molecule has 2 aromatic rings. The summed E-state index contributed by atoms with van der Waals surface area (Å²) in [5.74, 6) is 0. The summed E-state index contributed by atoms with van der Waals surface area (Å²) in [5, 5.41) is 0.626. The van der Waals surface area contributed by atoms with Crippen molar-refractivity contribution >= 4 is 43.5 Å². The van der Waals surface area contributed by atoms with Crippen LogP contribution >= 0.6 is 43.5 Å². The minimum atomic E-state index is -0.215. The van der Waals surface area contributed by atoms with Crippen LogP contribution in [0.25, 0.3) is 0 Å². The molecule has 0 amide bonds. The fourth-order valence-electron chi connectivity index (χ4n) is 1.60. The summed E-state index contributed by atoms with van der Waals surface area (Å²) in [7, 11) is 0. The quantitative estimate of drug-likeness (QED) is 0.863. The van der Waals surface area contributed by atoms with Gasteiger partial charge in [0.05, 0.1) is 16.8 Å². The van der Waals surface area contributed by atoms with Crippen molar-refractivity contribution in [3.05, 3.63) is 55.9 Å². The van der Waals surface area contributed by atoms with Crippen molar-refractivity contribution in [1.29, 1.82) is 0 Å². The average molecular weight is 391 g/mol. The van der Waals surface area contributed by atoms with Crippen molar-refractivity contribution < 1.29 is 0 Å². The molecule has 94 valence electrons. The van der Waals surface area contributed by atoms with Gasteiger partial charge >= 0.3 is 0 Å². The molecule has 1 atom stereocenters. The number of halogens is 3. The van der Waals surface area contributed by atoms with Crippen molar-refractivity contribution in [1.82, 2.24) is 9.97 Å². The van der Waals surface area contributed by atoms with E-state index in [9.17, 15) is 0 Å². The van der Waals surface area contributed by atoms with Gasteiger partial charge in [0, 0.05) is 27.5 Å². The van der Waals surface area contributed by atoms with E-state index in [1.54, 1.807) is 18.6 Å². The first-order chi connectivity index (χ1) is 8.58. The molecule has 0 aliphatic carbocycles. The van der Waals surface area contributed by atoms with Gasteiger partial charge < -0.3 is 5.73 Å². The van der Waals surface area contributed by atoms with E-state index < -0.39 is 0 Å². The maximum atomic E-state index is 6.16. The standard InChI is InChI=1S/C12H10Br2ClN3/c13-8-4-9(14)12(18-5-8)11(16)3-7-1-2-17-6-10(7)15/h1-2,4-6,11H,3,16H2. The third-order valence-corrected chi connectivity index (χ3v) is 3.89. The van der Waals surface area contributed by atoms with Crippen LogP contribution in [-0.2, 0) is 6.42 Å². The molecule has 0 radical (unpaired) electrons. The van der Waals surface area contributed by atoms with Crippen LogP contribution in [0.1, 0.15) is 17.3 Å². The lowest BCUT2D eigenvalue weighted by Gasteiger charge is -2.13. The predicted octanol–water partition coefficient (Wildman–Crippen LogP) is 3.90. The van der Waals surface area contributed by atoms with E-state index in [0.29, 0.717) is 11.4 Å². The molecule has 0 aliphatic rings. The highest BCUT2D eigenvalue weighted by Crippen LogP contribution is 2.26. The Labute approximate surface area is 127 Å². The van der Waals surface area contributed by atoms with Gasteiger partial charge in [-0.2, -0.15) is 0 Å². The molecule has 0 aromatic carbocycles. The molecule has 18 heavy (non-hydrogen) atoms. The summed E-state index contributed by atoms with van der Waals surface area (Å²) < 4.78 is 1.79. The number of pyridine rings is 2. The number of rotatable bonds is 3. The van der Waals surface area contributed by atoms with Gasteiger partial charge in [0.25, 0.3) is 0 Å². The van der Waals surface area contributed by atoms with E-state index in [0.717, 1.165) is 20.2 Å². The van der Waals surface area contributed by atoms with Crippen LogP contribution in [0.3, 0.4) is 0 Å². The first kappa shape index (κ1) is 13.9. The van der Waals surface area contributed by atoms with E-state index in [1.165, 1.54) is 0 Å². The van der Waals surface area contributed by atoms with E-state index >= 15 is 0 Å².